The molecule has 2 nitrogen and oxygen atoms in total. The van der Waals surface area contributed by atoms with Crippen LogP contribution in [0.4, 0.5) is 0 Å². The van der Waals surface area contributed by atoms with Crippen molar-refractivity contribution in [2.75, 3.05) is 0 Å². The van der Waals surface area contributed by atoms with Gasteiger partial charge in [0.2, 0.25) is 0 Å². The van der Waals surface area contributed by atoms with Gasteiger partial charge in [0.15, 0.2) is 5.82 Å². The molecular formula is C48H30N2. The third-order valence-corrected chi connectivity index (χ3v) is 10.0. The topological polar surface area (TPSA) is 25.8 Å². The van der Waals surface area contributed by atoms with Crippen LogP contribution in [0.3, 0.4) is 0 Å². The maximum atomic E-state index is 5.39. The number of nitrogens with zero attached hydrogens (tertiary/aromatic N) is 2. The molecule has 0 aliphatic rings. The van der Waals surface area contributed by atoms with Gasteiger partial charge in [-0.15, -0.1) is 0 Å². The van der Waals surface area contributed by atoms with Crippen molar-refractivity contribution >= 4 is 54.0 Å². The summed E-state index contributed by atoms with van der Waals surface area (Å²) in [6.45, 7) is 0. The van der Waals surface area contributed by atoms with Gasteiger partial charge < -0.3 is 0 Å². The Bertz CT molecular complexity index is 2840. The molecule has 0 saturated heterocycles. The molecular weight excluding hydrogens is 605 g/mol. The van der Waals surface area contributed by atoms with Crippen molar-refractivity contribution in [3.8, 4) is 44.9 Å². The quantitative estimate of drug-likeness (QED) is 0.180. The highest BCUT2D eigenvalue weighted by atomic mass is 14.9. The third kappa shape index (κ3) is 4.65. The summed E-state index contributed by atoms with van der Waals surface area (Å²) in [5.41, 5.74) is 8.73. The molecule has 0 radical (unpaired) electrons. The van der Waals surface area contributed by atoms with E-state index in [4.69, 9.17) is 9.97 Å². The maximum Gasteiger partial charge on any atom is 0.161 e. The minimum absolute atomic E-state index is 0.721. The van der Waals surface area contributed by atoms with Crippen LogP contribution >= 0.6 is 0 Å². The fraction of sp³-hybridized carbons (Fsp3) is 0. The number of hydrogen-bond donors (Lipinski definition) is 0. The lowest BCUT2D eigenvalue weighted by Gasteiger charge is -2.17. The second-order valence-corrected chi connectivity index (χ2v) is 13.0. The van der Waals surface area contributed by atoms with Crippen molar-refractivity contribution in [2.45, 2.75) is 0 Å². The summed E-state index contributed by atoms with van der Waals surface area (Å²) in [6.07, 6.45) is 0. The first-order valence-electron chi connectivity index (χ1n) is 17.1. The molecule has 10 rings (SSSR count). The summed E-state index contributed by atoms with van der Waals surface area (Å²) < 4.78 is 0. The lowest BCUT2D eigenvalue weighted by molar-refractivity contribution is 1.24. The Balaban J connectivity index is 1.29. The molecule has 10 aromatic rings. The molecule has 2 heteroatoms. The van der Waals surface area contributed by atoms with Gasteiger partial charge in [-0.05, 0) is 84.2 Å². The van der Waals surface area contributed by atoms with Gasteiger partial charge in [0.05, 0.1) is 11.2 Å². The SMILES string of the molecule is c1ccc(-c2nc(-c3ccc(-c4ccc5ccccc5c4)c4c(-c5ccc6ccccc6c5)cccc34)nc3c2ccc2ccccc23)cc1. The molecule has 0 aliphatic heterocycles. The Kier molecular flexibility index (Phi) is 6.53. The molecule has 0 bridgehead atoms. The van der Waals surface area contributed by atoms with Crippen LogP contribution in [0.15, 0.2) is 182 Å². The van der Waals surface area contributed by atoms with E-state index in [9.17, 15) is 0 Å². The van der Waals surface area contributed by atoms with Crippen molar-refractivity contribution in [1.82, 2.24) is 9.97 Å². The average molecular weight is 635 g/mol. The Labute approximate surface area is 290 Å². The summed E-state index contributed by atoms with van der Waals surface area (Å²) in [5.74, 6) is 0.721. The van der Waals surface area contributed by atoms with Crippen molar-refractivity contribution in [3.05, 3.63) is 182 Å². The van der Waals surface area contributed by atoms with E-state index in [2.05, 4.69) is 182 Å². The molecule has 0 unspecified atom stereocenters. The Morgan fingerprint density at radius 1 is 0.300 bits per heavy atom. The summed E-state index contributed by atoms with van der Waals surface area (Å²) in [4.78, 5) is 10.8. The van der Waals surface area contributed by atoms with Gasteiger partial charge in [0, 0.05) is 21.9 Å². The second kappa shape index (κ2) is 11.5. The first-order valence-corrected chi connectivity index (χ1v) is 17.1. The van der Waals surface area contributed by atoms with E-state index in [0.29, 0.717) is 0 Å². The summed E-state index contributed by atoms with van der Waals surface area (Å²) in [5, 5.41) is 10.6. The molecule has 0 spiro atoms. The maximum absolute atomic E-state index is 5.39. The first kappa shape index (κ1) is 28.4. The predicted molar refractivity (Wildman–Crippen MR) is 211 cm³/mol. The zero-order valence-electron chi connectivity index (χ0n) is 27.2. The molecule has 0 saturated carbocycles. The van der Waals surface area contributed by atoms with Gasteiger partial charge in [-0.25, -0.2) is 9.97 Å². The summed E-state index contributed by atoms with van der Waals surface area (Å²) in [7, 11) is 0. The summed E-state index contributed by atoms with van der Waals surface area (Å²) >= 11 is 0. The van der Waals surface area contributed by atoms with E-state index in [0.717, 1.165) is 44.3 Å². The van der Waals surface area contributed by atoms with Gasteiger partial charge in [0.25, 0.3) is 0 Å². The number of rotatable bonds is 4. The molecule has 0 aliphatic carbocycles. The molecule has 1 heterocycles. The van der Waals surface area contributed by atoms with E-state index in [1.54, 1.807) is 0 Å². The van der Waals surface area contributed by atoms with Crippen LogP contribution in [0.2, 0.25) is 0 Å². The van der Waals surface area contributed by atoms with E-state index in [1.807, 2.05) is 0 Å². The van der Waals surface area contributed by atoms with E-state index in [1.165, 1.54) is 54.6 Å². The van der Waals surface area contributed by atoms with Crippen LogP contribution in [0.5, 0.6) is 0 Å². The number of benzene rings is 9. The first-order chi connectivity index (χ1) is 24.8. The molecule has 0 amide bonds. The molecule has 0 atom stereocenters. The van der Waals surface area contributed by atoms with Crippen LogP contribution in [0, 0.1) is 0 Å². The van der Waals surface area contributed by atoms with E-state index in [-0.39, 0.29) is 0 Å². The van der Waals surface area contributed by atoms with Gasteiger partial charge in [-0.2, -0.15) is 0 Å². The number of fused-ring (bicyclic) bond motifs is 6. The lowest BCUT2D eigenvalue weighted by Crippen LogP contribution is -1.97. The highest BCUT2D eigenvalue weighted by molar-refractivity contribution is 6.14. The van der Waals surface area contributed by atoms with Crippen LogP contribution < -0.4 is 0 Å². The van der Waals surface area contributed by atoms with E-state index < -0.39 is 0 Å². The zero-order valence-corrected chi connectivity index (χ0v) is 27.2. The Morgan fingerprint density at radius 3 is 1.58 bits per heavy atom. The standard InChI is InChI=1S/C48H30N2/c1-2-14-34(15-3-1)46-44-26-25-33-13-8-9-18-41(33)47(44)50-48(49-46)43-28-27-40(38-24-22-32-12-5-7-17-36(32)30-38)45-39(19-10-20-42(43)45)37-23-21-31-11-4-6-16-35(31)29-37/h1-30H. The van der Waals surface area contributed by atoms with Crippen LogP contribution in [-0.2, 0) is 0 Å². The van der Waals surface area contributed by atoms with Crippen LogP contribution in [-0.4, -0.2) is 9.97 Å². The summed E-state index contributed by atoms with van der Waals surface area (Å²) in [6, 6.07) is 65.2. The van der Waals surface area contributed by atoms with Crippen molar-refractivity contribution < 1.29 is 0 Å². The van der Waals surface area contributed by atoms with Gasteiger partial charge >= 0.3 is 0 Å². The molecule has 0 N–H and O–H groups in total. The number of aromatic nitrogens is 2. The smallest absolute Gasteiger partial charge is 0.161 e. The van der Waals surface area contributed by atoms with E-state index >= 15 is 0 Å². The molecule has 0 fully saturated rings. The number of hydrogen-bond acceptors (Lipinski definition) is 2. The molecule has 50 heavy (non-hydrogen) atoms. The highest BCUT2D eigenvalue weighted by Crippen LogP contribution is 2.43. The largest absolute Gasteiger partial charge is 0.227 e. The lowest BCUT2D eigenvalue weighted by atomic mass is 9.88. The van der Waals surface area contributed by atoms with Crippen molar-refractivity contribution in [3.63, 3.8) is 0 Å². The zero-order chi connectivity index (χ0) is 33.0. The predicted octanol–water partition coefficient (Wildman–Crippen LogP) is 12.9. The van der Waals surface area contributed by atoms with Crippen molar-refractivity contribution in [2.24, 2.45) is 0 Å². The minimum atomic E-state index is 0.721. The van der Waals surface area contributed by atoms with Gasteiger partial charge in [0.1, 0.15) is 0 Å². The van der Waals surface area contributed by atoms with Gasteiger partial charge in [-0.3, -0.25) is 0 Å². The fourth-order valence-electron chi connectivity index (χ4n) is 7.60. The average Bonchev–Trinajstić information content (AvgIpc) is 3.19. The molecule has 1 aromatic heterocycles. The molecule has 232 valence electrons. The second-order valence-electron chi connectivity index (χ2n) is 13.0. The van der Waals surface area contributed by atoms with Gasteiger partial charge in [-0.1, -0.05) is 158 Å². The monoisotopic (exact) mass is 634 g/mol. The minimum Gasteiger partial charge on any atom is -0.227 e. The highest BCUT2D eigenvalue weighted by Gasteiger charge is 2.19. The Hall–Kier alpha value is -6.64. The normalized spacial score (nSPS) is 11.6. The molecule has 9 aromatic carbocycles. The third-order valence-electron chi connectivity index (χ3n) is 10.0. The fourth-order valence-corrected chi connectivity index (χ4v) is 7.60. The Morgan fingerprint density at radius 2 is 0.860 bits per heavy atom. The van der Waals surface area contributed by atoms with Crippen molar-refractivity contribution in [1.29, 1.82) is 0 Å². The van der Waals surface area contributed by atoms with Crippen LogP contribution in [0.25, 0.3) is 98.9 Å². The van der Waals surface area contributed by atoms with Crippen LogP contribution in [0.1, 0.15) is 0 Å².